The lowest BCUT2D eigenvalue weighted by Crippen LogP contribution is -2.29. The van der Waals surface area contributed by atoms with Crippen molar-refractivity contribution >= 4 is 20.9 Å². The third-order valence-electron chi connectivity index (χ3n) is 6.15. The fourth-order valence-electron chi connectivity index (χ4n) is 4.50. The van der Waals surface area contributed by atoms with Gasteiger partial charge in [-0.3, -0.25) is 4.68 Å². The van der Waals surface area contributed by atoms with Crippen LogP contribution in [0.2, 0.25) is 0 Å². The van der Waals surface area contributed by atoms with Gasteiger partial charge in [0, 0.05) is 18.5 Å². The molecule has 35 heavy (non-hydrogen) atoms. The van der Waals surface area contributed by atoms with Crippen LogP contribution in [0.4, 0.5) is 4.39 Å². The lowest BCUT2D eigenvalue weighted by Gasteiger charge is -2.18. The molecule has 12 heteroatoms. The highest BCUT2D eigenvalue weighted by molar-refractivity contribution is 7.89. The zero-order chi connectivity index (χ0) is 24.7. The average Bonchev–Trinajstić information content (AvgIpc) is 3.53. The first kappa shape index (κ1) is 23.4. The van der Waals surface area contributed by atoms with Crippen LogP contribution in [-0.2, 0) is 16.4 Å². The Morgan fingerprint density at radius 2 is 1.94 bits per heavy atom. The minimum atomic E-state index is -3.72. The molecule has 2 aromatic heterocycles. The highest BCUT2D eigenvalue weighted by Gasteiger charge is 2.39. The number of nitrogens with one attached hydrogen (secondary N) is 1. The quantitative estimate of drug-likeness (QED) is 0.415. The van der Waals surface area contributed by atoms with E-state index in [1.165, 1.54) is 16.4 Å². The second kappa shape index (κ2) is 9.00. The zero-order valence-electron chi connectivity index (χ0n) is 19.6. The number of rotatable bonds is 7. The summed E-state index contributed by atoms with van der Waals surface area (Å²) in [5, 5.41) is 19.5. The molecular formula is C23H26FN7O3S. The van der Waals surface area contributed by atoms with Crippen LogP contribution in [0, 0.1) is 11.7 Å². The molecule has 1 saturated heterocycles. The molecule has 4 aromatic rings. The Morgan fingerprint density at radius 3 is 2.63 bits per heavy atom. The molecular weight excluding hydrogens is 473 g/mol. The first-order chi connectivity index (χ1) is 16.7. The van der Waals surface area contributed by atoms with Gasteiger partial charge in [-0.2, -0.15) is 14.6 Å². The highest BCUT2D eigenvalue weighted by Crippen LogP contribution is 2.35. The lowest BCUT2D eigenvalue weighted by atomic mass is 10.1. The number of fused-ring (bicyclic) bond motifs is 1. The second-order valence-electron chi connectivity index (χ2n) is 9.06. The van der Waals surface area contributed by atoms with E-state index in [2.05, 4.69) is 20.6 Å². The van der Waals surface area contributed by atoms with Crippen molar-refractivity contribution in [3.63, 3.8) is 0 Å². The Labute approximate surface area is 202 Å². The van der Waals surface area contributed by atoms with Crippen molar-refractivity contribution in [3.8, 4) is 5.75 Å². The van der Waals surface area contributed by atoms with Gasteiger partial charge >= 0.3 is 0 Å². The molecule has 3 heterocycles. The van der Waals surface area contributed by atoms with Gasteiger partial charge in [-0.15, -0.1) is 10.2 Å². The molecule has 10 nitrogen and oxygen atoms in total. The predicted octanol–water partition coefficient (Wildman–Crippen LogP) is 2.95. The van der Waals surface area contributed by atoms with Crippen molar-refractivity contribution in [1.82, 2.24) is 34.7 Å². The molecule has 1 aliphatic heterocycles. The van der Waals surface area contributed by atoms with E-state index in [-0.39, 0.29) is 35.3 Å². The fourth-order valence-corrected chi connectivity index (χ4v) is 6.06. The summed E-state index contributed by atoms with van der Waals surface area (Å²) < 4.78 is 49.8. The molecule has 184 valence electrons. The standard InChI is InChI=1S/C23H26FN7O3S/c1-14(2)34-17-5-7-18(8-6-17)35(32,33)30-12-15(3)22(13-30)31-21-10-16(24)4-9-19(21)20(27-31)11-23-25-28-29-26-23/h4-10,14-15,22H,11-13H2,1-3H3,(H,25,26,28,29)/t15-,22+/m1/s1. The van der Waals surface area contributed by atoms with Gasteiger partial charge in [-0.05, 0) is 62.2 Å². The Kier molecular flexibility index (Phi) is 6.01. The van der Waals surface area contributed by atoms with Crippen LogP contribution in [0.15, 0.2) is 47.4 Å². The van der Waals surface area contributed by atoms with Crippen LogP contribution < -0.4 is 4.74 Å². The van der Waals surface area contributed by atoms with Gasteiger partial charge in [0.1, 0.15) is 11.6 Å². The molecule has 0 spiro atoms. The van der Waals surface area contributed by atoms with E-state index in [9.17, 15) is 12.8 Å². The summed E-state index contributed by atoms with van der Waals surface area (Å²) in [5.74, 6) is 0.654. The van der Waals surface area contributed by atoms with Gasteiger partial charge in [0.25, 0.3) is 0 Å². The number of hydrogen-bond donors (Lipinski definition) is 1. The maximum Gasteiger partial charge on any atom is 0.243 e. The SMILES string of the molecule is CC(C)Oc1ccc(S(=O)(=O)N2C[C@@H](C)[C@@H](n3nc(Cc4nn[nH]n4)c4ccc(F)cc43)C2)cc1. The molecule has 1 fully saturated rings. The van der Waals surface area contributed by atoms with Crippen LogP contribution in [0.25, 0.3) is 10.9 Å². The molecule has 0 unspecified atom stereocenters. The maximum absolute atomic E-state index is 14.2. The van der Waals surface area contributed by atoms with Gasteiger partial charge in [-0.1, -0.05) is 12.1 Å². The fraction of sp³-hybridized carbons (Fsp3) is 0.391. The molecule has 0 saturated carbocycles. The number of sulfonamides is 1. The van der Waals surface area contributed by atoms with E-state index < -0.39 is 10.0 Å². The second-order valence-corrected chi connectivity index (χ2v) is 11.0. The summed E-state index contributed by atoms with van der Waals surface area (Å²) >= 11 is 0. The number of aromatic amines is 1. The summed E-state index contributed by atoms with van der Waals surface area (Å²) in [7, 11) is -3.72. The number of aromatic nitrogens is 6. The summed E-state index contributed by atoms with van der Waals surface area (Å²) in [6, 6.07) is 10.7. The van der Waals surface area contributed by atoms with Crippen LogP contribution in [0.5, 0.6) is 5.75 Å². The van der Waals surface area contributed by atoms with Gasteiger partial charge in [0.15, 0.2) is 5.82 Å². The Morgan fingerprint density at radius 1 is 1.17 bits per heavy atom. The van der Waals surface area contributed by atoms with E-state index in [0.717, 1.165) is 5.39 Å². The van der Waals surface area contributed by atoms with E-state index in [1.54, 1.807) is 35.0 Å². The molecule has 2 aromatic carbocycles. The Balaban J connectivity index is 1.45. The first-order valence-corrected chi connectivity index (χ1v) is 12.8. The van der Waals surface area contributed by atoms with Crippen molar-refractivity contribution < 1.29 is 17.5 Å². The number of hydrogen-bond acceptors (Lipinski definition) is 7. The lowest BCUT2D eigenvalue weighted by molar-refractivity contribution is 0.242. The third-order valence-corrected chi connectivity index (χ3v) is 7.99. The molecule has 0 bridgehead atoms. The largest absolute Gasteiger partial charge is 0.491 e. The highest BCUT2D eigenvalue weighted by atomic mass is 32.2. The minimum Gasteiger partial charge on any atom is -0.491 e. The van der Waals surface area contributed by atoms with E-state index >= 15 is 0 Å². The number of H-pyrrole nitrogens is 1. The van der Waals surface area contributed by atoms with Gasteiger partial charge < -0.3 is 4.74 Å². The minimum absolute atomic E-state index is 0.00339. The molecule has 1 aliphatic rings. The first-order valence-electron chi connectivity index (χ1n) is 11.4. The van der Waals surface area contributed by atoms with Crippen molar-refractivity contribution in [1.29, 1.82) is 0 Å². The summed E-state index contributed by atoms with van der Waals surface area (Å²) in [6.45, 7) is 6.35. The van der Waals surface area contributed by atoms with Crippen molar-refractivity contribution in [2.45, 2.75) is 44.2 Å². The topological polar surface area (TPSA) is 119 Å². The molecule has 2 atom stereocenters. The molecule has 1 N–H and O–H groups in total. The number of benzene rings is 2. The van der Waals surface area contributed by atoms with Gasteiger partial charge in [0.2, 0.25) is 10.0 Å². The molecule has 5 rings (SSSR count). The van der Waals surface area contributed by atoms with Crippen molar-refractivity contribution in [2.24, 2.45) is 5.92 Å². The smallest absolute Gasteiger partial charge is 0.243 e. The third kappa shape index (κ3) is 4.50. The van der Waals surface area contributed by atoms with E-state index in [4.69, 9.17) is 9.84 Å². The van der Waals surface area contributed by atoms with Crippen LogP contribution >= 0.6 is 0 Å². The molecule has 0 radical (unpaired) electrons. The van der Waals surface area contributed by atoms with Crippen LogP contribution in [0.3, 0.4) is 0 Å². The number of nitrogens with zero attached hydrogens (tertiary/aromatic N) is 6. The van der Waals surface area contributed by atoms with Gasteiger partial charge in [0.05, 0.1) is 34.7 Å². The summed E-state index contributed by atoms with van der Waals surface area (Å²) in [4.78, 5) is 0.204. The van der Waals surface area contributed by atoms with E-state index in [0.29, 0.717) is 35.8 Å². The van der Waals surface area contributed by atoms with Crippen molar-refractivity contribution in [3.05, 3.63) is 59.8 Å². The normalized spacial score (nSPS) is 19.1. The summed E-state index contributed by atoms with van der Waals surface area (Å²) in [5.41, 5.74) is 1.28. The van der Waals surface area contributed by atoms with Crippen LogP contribution in [-0.4, -0.2) is 62.3 Å². The molecule has 0 amide bonds. The monoisotopic (exact) mass is 499 g/mol. The number of tetrazole rings is 1. The average molecular weight is 500 g/mol. The van der Waals surface area contributed by atoms with E-state index in [1.807, 2.05) is 20.8 Å². The Bertz CT molecular complexity index is 1440. The molecule has 0 aliphatic carbocycles. The Hall–Kier alpha value is -3.38. The number of ether oxygens (including phenoxy) is 1. The maximum atomic E-state index is 14.2. The van der Waals surface area contributed by atoms with Gasteiger partial charge in [-0.25, -0.2) is 12.8 Å². The van der Waals surface area contributed by atoms with Crippen LogP contribution in [0.1, 0.15) is 38.3 Å². The number of halogens is 1. The zero-order valence-corrected chi connectivity index (χ0v) is 20.4. The predicted molar refractivity (Wildman–Crippen MR) is 126 cm³/mol. The van der Waals surface area contributed by atoms with Crippen molar-refractivity contribution in [2.75, 3.05) is 13.1 Å². The summed E-state index contributed by atoms with van der Waals surface area (Å²) in [6.07, 6.45) is 0.316.